The molecule has 1 saturated heterocycles. The van der Waals surface area contributed by atoms with Gasteiger partial charge in [0.25, 0.3) is 0 Å². The van der Waals surface area contributed by atoms with E-state index in [0.717, 1.165) is 24.9 Å². The van der Waals surface area contributed by atoms with Crippen molar-refractivity contribution in [3.05, 3.63) is 18.0 Å². The average Bonchev–Trinajstić information content (AvgIpc) is 2.96. The number of aryl methyl sites for hydroxylation is 1. The van der Waals surface area contributed by atoms with E-state index in [2.05, 4.69) is 27.7 Å². The molecule has 4 nitrogen and oxygen atoms in total. The van der Waals surface area contributed by atoms with E-state index in [4.69, 9.17) is 5.73 Å². The first kappa shape index (κ1) is 14.8. The van der Waals surface area contributed by atoms with E-state index < -0.39 is 0 Å². The van der Waals surface area contributed by atoms with Crippen molar-refractivity contribution in [3.63, 3.8) is 0 Å². The van der Waals surface area contributed by atoms with Gasteiger partial charge in [0.2, 0.25) is 0 Å². The second kappa shape index (κ2) is 6.25. The van der Waals surface area contributed by atoms with Crippen molar-refractivity contribution >= 4 is 12.4 Å². The number of rotatable bonds is 3. The standard InChI is InChI=1S/C14H24N4.ClH/c1-2-18-12(6-7-16-18)9-17-8-11-4-3-5-14(15)13(11)10-17;/h6-7,11,13-14H,2-5,8-10,15H2,1H3;1H. The Hall–Kier alpha value is -0.580. The van der Waals surface area contributed by atoms with Gasteiger partial charge in [-0.15, -0.1) is 12.4 Å². The van der Waals surface area contributed by atoms with Crippen LogP contribution in [-0.4, -0.2) is 33.8 Å². The molecule has 2 aliphatic rings. The number of halogens is 1. The predicted molar refractivity (Wildman–Crippen MR) is 79.2 cm³/mol. The van der Waals surface area contributed by atoms with Crippen molar-refractivity contribution in [3.8, 4) is 0 Å². The molecular formula is C14H25ClN4. The van der Waals surface area contributed by atoms with Crippen LogP contribution in [0.15, 0.2) is 12.3 Å². The molecule has 1 saturated carbocycles. The summed E-state index contributed by atoms with van der Waals surface area (Å²) in [6, 6.07) is 2.58. The normalized spacial score (nSPS) is 30.9. The lowest BCUT2D eigenvalue weighted by Gasteiger charge is -2.29. The van der Waals surface area contributed by atoms with Gasteiger partial charge >= 0.3 is 0 Å². The highest BCUT2D eigenvalue weighted by molar-refractivity contribution is 5.85. The fourth-order valence-electron chi connectivity index (χ4n) is 3.75. The topological polar surface area (TPSA) is 47.1 Å². The highest BCUT2D eigenvalue weighted by Crippen LogP contribution is 2.35. The first-order valence-electron chi connectivity index (χ1n) is 7.26. The molecule has 1 aliphatic carbocycles. The molecule has 2 fully saturated rings. The summed E-state index contributed by atoms with van der Waals surface area (Å²) in [5.41, 5.74) is 7.61. The Morgan fingerprint density at radius 3 is 2.95 bits per heavy atom. The van der Waals surface area contributed by atoms with Crippen LogP contribution < -0.4 is 5.73 Å². The van der Waals surface area contributed by atoms with Gasteiger partial charge in [0.05, 0.1) is 5.69 Å². The smallest absolute Gasteiger partial charge is 0.0524 e. The van der Waals surface area contributed by atoms with E-state index in [1.807, 2.05) is 6.20 Å². The maximum atomic E-state index is 6.27. The summed E-state index contributed by atoms with van der Waals surface area (Å²) in [7, 11) is 0. The maximum absolute atomic E-state index is 6.27. The lowest BCUT2D eigenvalue weighted by Crippen LogP contribution is -2.38. The van der Waals surface area contributed by atoms with Crippen molar-refractivity contribution in [1.29, 1.82) is 0 Å². The van der Waals surface area contributed by atoms with Crippen LogP contribution in [0, 0.1) is 11.8 Å². The highest BCUT2D eigenvalue weighted by atomic mass is 35.5. The van der Waals surface area contributed by atoms with Crippen molar-refractivity contribution in [1.82, 2.24) is 14.7 Å². The number of nitrogens with two attached hydrogens (primary N) is 1. The van der Waals surface area contributed by atoms with Gasteiger partial charge in [-0.3, -0.25) is 9.58 Å². The van der Waals surface area contributed by atoms with E-state index in [0.29, 0.717) is 6.04 Å². The molecule has 0 aromatic carbocycles. The molecule has 1 aliphatic heterocycles. The van der Waals surface area contributed by atoms with Crippen molar-refractivity contribution < 1.29 is 0 Å². The van der Waals surface area contributed by atoms with Crippen molar-refractivity contribution in [2.24, 2.45) is 17.6 Å². The Labute approximate surface area is 121 Å². The number of aromatic nitrogens is 2. The summed E-state index contributed by atoms with van der Waals surface area (Å²) in [6.07, 6.45) is 5.83. The SMILES string of the molecule is CCn1nccc1CN1CC2CCCC(N)C2C1.Cl. The largest absolute Gasteiger partial charge is 0.327 e. The number of hydrogen-bond acceptors (Lipinski definition) is 3. The third-order valence-corrected chi connectivity index (χ3v) is 4.72. The van der Waals surface area contributed by atoms with Crippen LogP contribution in [0.1, 0.15) is 31.9 Å². The molecule has 2 heterocycles. The molecule has 108 valence electrons. The lowest BCUT2D eigenvalue weighted by molar-refractivity contribution is 0.259. The molecule has 1 aromatic heterocycles. The molecule has 2 N–H and O–H groups in total. The summed E-state index contributed by atoms with van der Waals surface area (Å²) in [6.45, 7) is 6.56. The molecule has 0 bridgehead atoms. The van der Waals surface area contributed by atoms with Crippen LogP contribution in [0.3, 0.4) is 0 Å². The zero-order valence-electron chi connectivity index (χ0n) is 11.7. The van der Waals surface area contributed by atoms with Crippen LogP contribution in [0.2, 0.25) is 0 Å². The van der Waals surface area contributed by atoms with Gasteiger partial charge in [0.15, 0.2) is 0 Å². The molecule has 0 radical (unpaired) electrons. The van der Waals surface area contributed by atoms with Crippen LogP contribution in [0.25, 0.3) is 0 Å². The fraction of sp³-hybridized carbons (Fsp3) is 0.786. The molecule has 0 spiro atoms. The summed E-state index contributed by atoms with van der Waals surface area (Å²) >= 11 is 0. The Bertz CT molecular complexity index is 406. The van der Waals surface area contributed by atoms with Gasteiger partial charge in [-0.25, -0.2) is 0 Å². The number of hydrogen-bond donors (Lipinski definition) is 1. The van der Waals surface area contributed by atoms with E-state index in [-0.39, 0.29) is 12.4 Å². The van der Waals surface area contributed by atoms with E-state index in [1.165, 1.54) is 38.0 Å². The first-order chi connectivity index (χ1) is 8.78. The van der Waals surface area contributed by atoms with Gasteiger partial charge in [-0.05, 0) is 37.7 Å². The Morgan fingerprint density at radius 1 is 1.37 bits per heavy atom. The maximum Gasteiger partial charge on any atom is 0.0524 e. The van der Waals surface area contributed by atoms with Gasteiger partial charge in [0.1, 0.15) is 0 Å². The zero-order valence-corrected chi connectivity index (χ0v) is 12.5. The predicted octanol–water partition coefficient (Wildman–Crippen LogP) is 1.88. The minimum atomic E-state index is 0. The number of likely N-dealkylation sites (tertiary alicyclic amines) is 1. The molecule has 19 heavy (non-hydrogen) atoms. The van der Waals surface area contributed by atoms with Gasteiger partial charge in [0, 0.05) is 38.4 Å². The van der Waals surface area contributed by atoms with Crippen LogP contribution in [0.5, 0.6) is 0 Å². The number of nitrogens with zero attached hydrogens (tertiary/aromatic N) is 3. The second-order valence-electron chi connectivity index (χ2n) is 5.85. The summed E-state index contributed by atoms with van der Waals surface area (Å²) in [4.78, 5) is 2.57. The van der Waals surface area contributed by atoms with Crippen molar-refractivity contribution in [2.75, 3.05) is 13.1 Å². The molecule has 5 heteroatoms. The Balaban J connectivity index is 0.00000133. The summed E-state index contributed by atoms with van der Waals surface area (Å²) in [5.74, 6) is 1.57. The summed E-state index contributed by atoms with van der Waals surface area (Å²) < 4.78 is 2.10. The number of fused-ring (bicyclic) bond motifs is 1. The van der Waals surface area contributed by atoms with Gasteiger partial charge in [-0.1, -0.05) is 6.42 Å². The Morgan fingerprint density at radius 2 is 2.21 bits per heavy atom. The first-order valence-corrected chi connectivity index (χ1v) is 7.26. The van der Waals surface area contributed by atoms with Crippen LogP contribution in [0.4, 0.5) is 0 Å². The summed E-state index contributed by atoms with van der Waals surface area (Å²) in [5, 5.41) is 4.35. The fourth-order valence-corrected chi connectivity index (χ4v) is 3.75. The van der Waals surface area contributed by atoms with Gasteiger partial charge < -0.3 is 5.73 Å². The average molecular weight is 285 g/mol. The quantitative estimate of drug-likeness (QED) is 0.922. The van der Waals surface area contributed by atoms with E-state index in [9.17, 15) is 0 Å². The third kappa shape index (κ3) is 2.96. The minimum Gasteiger partial charge on any atom is -0.327 e. The second-order valence-corrected chi connectivity index (χ2v) is 5.85. The zero-order chi connectivity index (χ0) is 12.5. The molecular weight excluding hydrogens is 260 g/mol. The minimum absolute atomic E-state index is 0. The molecule has 3 rings (SSSR count). The Kier molecular flexibility index (Phi) is 4.87. The molecule has 3 unspecified atom stereocenters. The van der Waals surface area contributed by atoms with E-state index in [1.54, 1.807) is 0 Å². The molecule has 3 atom stereocenters. The lowest BCUT2D eigenvalue weighted by atomic mass is 9.78. The van der Waals surface area contributed by atoms with Gasteiger partial charge in [-0.2, -0.15) is 5.10 Å². The third-order valence-electron chi connectivity index (χ3n) is 4.72. The van der Waals surface area contributed by atoms with Crippen molar-refractivity contribution in [2.45, 2.75) is 45.3 Å². The van der Waals surface area contributed by atoms with Crippen LogP contribution >= 0.6 is 12.4 Å². The van der Waals surface area contributed by atoms with Crippen LogP contribution in [-0.2, 0) is 13.1 Å². The molecule has 1 aromatic rings. The highest BCUT2D eigenvalue weighted by Gasteiger charge is 2.38. The monoisotopic (exact) mass is 284 g/mol. The molecule has 0 amide bonds. The van der Waals surface area contributed by atoms with E-state index >= 15 is 0 Å².